The number of carbonyl (C=O) groups excluding carboxylic acids is 1. The lowest BCUT2D eigenvalue weighted by molar-refractivity contribution is -0.149. The Balaban J connectivity index is 1.78. The van der Waals surface area contributed by atoms with Gasteiger partial charge in [0.25, 0.3) is 0 Å². The van der Waals surface area contributed by atoms with Crippen LogP contribution in [0.4, 0.5) is 0 Å². The zero-order valence-corrected chi connectivity index (χ0v) is 13.0. The Hall–Kier alpha value is -1.14. The predicted octanol–water partition coefficient (Wildman–Crippen LogP) is 3.38. The van der Waals surface area contributed by atoms with E-state index in [1.807, 2.05) is 0 Å². The van der Waals surface area contributed by atoms with Gasteiger partial charge in [-0.2, -0.15) is 0 Å². The second kappa shape index (κ2) is 5.69. The number of halogens is 2. The van der Waals surface area contributed by atoms with Crippen molar-refractivity contribution in [3.63, 3.8) is 0 Å². The molecule has 2 aromatic heterocycles. The molecule has 0 saturated heterocycles. The monoisotopic (exact) mass is 357 g/mol. The number of hydrogen-bond acceptors (Lipinski definition) is 4. The molecule has 2 aromatic rings. The molecule has 1 aliphatic rings. The fourth-order valence-corrected chi connectivity index (χ4v) is 3.47. The average molecular weight is 359 g/mol. The molecule has 7 heteroatoms. The van der Waals surface area contributed by atoms with Crippen LogP contribution in [0, 0.1) is 5.92 Å². The third kappa shape index (κ3) is 2.54. The number of fused-ring (bicyclic) bond motifs is 1. The van der Waals surface area contributed by atoms with Gasteiger partial charge in [-0.1, -0.05) is 24.4 Å². The molecule has 0 aromatic carbocycles. The lowest BCUT2D eigenvalue weighted by atomic mass is 10.1. The molecule has 0 spiro atoms. The Morgan fingerprint density at radius 3 is 3.00 bits per heavy atom. The van der Waals surface area contributed by atoms with Crippen LogP contribution in [0.25, 0.3) is 5.52 Å². The van der Waals surface area contributed by atoms with E-state index in [9.17, 15) is 4.79 Å². The van der Waals surface area contributed by atoms with Gasteiger partial charge in [-0.25, -0.2) is 9.97 Å². The predicted molar refractivity (Wildman–Crippen MR) is 77.5 cm³/mol. The third-order valence-corrected chi connectivity index (χ3v) is 4.40. The average Bonchev–Trinajstić information content (AvgIpc) is 3.05. The van der Waals surface area contributed by atoms with Crippen molar-refractivity contribution >= 4 is 39.0 Å². The Morgan fingerprint density at radius 1 is 1.50 bits per heavy atom. The van der Waals surface area contributed by atoms with Gasteiger partial charge in [-0.15, -0.1) is 0 Å². The minimum Gasteiger partial charge on any atom is -0.457 e. The summed E-state index contributed by atoms with van der Waals surface area (Å²) in [7, 11) is 0. The molecule has 106 valence electrons. The highest BCUT2D eigenvalue weighted by atomic mass is 79.9. The molecule has 0 bridgehead atoms. The first-order valence-corrected chi connectivity index (χ1v) is 7.67. The molecule has 0 unspecified atom stereocenters. The van der Waals surface area contributed by atoms with Crippen molar-refractivity contribution in [1.29, 1.82) is 0 Å². The zero-order valence-electron chi connectivity index (χ0n) is 10.7. The summed E-state index contributed by atoms with van der Waals surface area (Å²) in [4.78, 5) is 20.3. The normalized spacial score (nSPS) is 15.9. The molecular formula is C13H13BrClN3O2. The third-order valence-electron chi connectivity index (χ3n) is 3.57. The van der Waals surface area contributed by atoms with E-state index in [-0.39, 0.29) is 18.5 Å². The van der Waals surface area contributed by atoms with Crippen LogP contribution in [-0.4, -0.2) is 20.3 Å². The summed E-state index contributed by atoms with van der Waals surface area (Å²) >= 11 is 9.38. The molecule has 1 saturated carbocycles. The highest BCUT2D eigenvalue weighted by Gasteiger charge is 2.24. The molecule has 0 amide bonds. The van der Waals surface area contributed by atoms with Crippen LogP contribution in [0.1, 0.15) is 31.5 Å². The maximum absolute atomic E-state index is 11.9. The molecule has 20 heavy (non-hydrogen) atoms. The second-order valence-electron chi connectivity index (χ2n) is 4.84. The highest BCUT2D eigenvalue weighted by molar-refractivity contribution is 9.10. The standard InChI is InChI=1S/C13H13BrClN3O2/c14-11-10-12(15)16-5-6-18(10)9(17-11)7-20-13(19)8-3-1-2-4-8/h5-6,8H,1-4,7H2. The molecule has 3 rings (SSSR count). The maximum atomic E-state index is 11.9. The van der Waals surface area contributed by atoms with Gasteiger partial charge in [0.1, 0.15) is 16.7 Å². The van der Waals surface area contributed by atoms with Gasteiger partial charge in [0.05, 0.1) is 5.92 Å². The Labute approximate surface area is 129 Å². The Bertz CT molecular complexity index is 652. The van der Waals surface area contributed by atoms with Crippen molar-refractivity contribution in [2.24, 2.45) is 5.92 Å². The van der Waals surface area contributed by atoms with Crippen molar-refractivity contribution in [1.82, 2.24) is 14.4 Å². The topological polar surface area (TPSA) is 56.5 Å². The van der Waals surface area contributed by atoms with Crippen LogP contribution in [0.3, 0.4) is 0 Å². The molecule has 0 N–H and O–H groups in total. The minimum atomic E-state index is -0.129. The van der Waals surface area contributed by atoms with Crippen LogP contribution in [0.2, 0.25) is 5.15 Å². The van der Waals surface area contributed by atoms with Crippen LogP contribution in [0.15, 0.2) is 17.0 Å². The molecule has 1 aliphatic carbocycles. The van der Waals surface area contributed by atoms with E-state index in [0.29, 0.717) is 21.1 Å². The lowest BCUT2D eigenvalue weighted by Crippen LogP contribution is -2.15. The number of esters is 1. The van der Waals surface area contributed by atoms with Gasteiger partial charge in [-0.05, 0) is 28.8 Å². The summed E-state index contributed by atoms with van der Waals surface area (Å²) in [6, 6.07) is 0. The summed E-state index contributed by atoms with van der Waals surface area (Å²) in [6.07, 6.45) is 7.42. The van der Waals surface area contributed by atoms with E-state index >= 15 is 0 Å². The van der Waals surface area contributed by atoms with Crippen molar-refractivity contribution < 1.29 is 9.53 Å². The molecule has 0 radical (unpaired) electrons. The summed E-state index contributed by atoms with van der Waals surface area (Å²) < 4.78 is 7.75. The lowest BCUT2D eigenvalue weighted by Gasteiger charge is -2.08. The van der Waals surface area contributed by atoms with Crippen molar-refractivity contribution in [3.8, 4) is 0 Å². The number of aromatic nitrogens is 3. The highest BCUT2D eigenvalue weighted by Crippen LogP contribution is 2.27. The van der Waals surface area contributed by atoms with Crippen LogP contribution < -0.4 is 0 Å². The SMILES string of the molecule is O=C(OCc1nc(Br)c2c(Cl)nccn12)C1CCCC1. The van der Waals surface area contributed by atoms with Gasteiger partial charge in [0.15, 0.2) is 11.0 Å². The van der Waals surface area contributed by atoms with Crippen LogP contribution in [-0.2, 0) is 16.1 Å². The Kier molecular flexibility index (Phi) is 3.94. The number of ether oxygens (including phenoxy) is 1. The van der Waals surface area contributed by atoms with Gasteiger partial charge >= 0.3 is 5.97 Å². The fraction of sp³-hybridized carbons (Fsp3) is 0.462. The van der Waals surface area contributed by atoms with E-state index in [1.165, 1.54) is 0 Å². The molecule has 5 nitrogen and oxygen atoms in total. The van der Waals surface area contributed by atoms with Crippen molar-refractivity contribution in [3.05, 3.63) is 28.0 Å². The molecule has 0 aliphatic heterocycles. The Morgan fingerprint density at radius 2 is 2.25 bits per heavy atom. The molecular weight excluding hydrogens is 346 g/mol. The summed E-state index contributed by atoms with van der Waals surface area (Å²) in [5.41, 5.74) is 0.682. The summed E-state index contributed by atoms with van der Waals surface area (Å²) in [5.74, 6) is 0.549. The number of carbonyl (C=O) groups is 1. The number of hydrogen-bond donors (Lipinski definition) is 0. The first kappa shape index (κ1) is 13.8. The van der Waals surface area contributed by atoms with Crippen LogP contribution in [0.5, 0.6) is 0 Å². The largest absolute Gasteiger partial charge is 0.457 e. The van der Waals surface area contributed by atoms with Crippen LogP contribution >= 0.6 is 27.5 Å². The van der Waals surface area contributed by atoms with Crippen molar-refractivity contribution in [2.45, 2.75) is 32.3 Å². The first-order chi connectivity index (χ1) is 9.66. The number of nitrogens with zero attached hydrogens (tertiary/aromatic N) is 3. The van der Waals surface area contributed by atoms with E-state index in [0.717, 1.165) is 25.7 Å². The molecule has 0 atom stereocenters. The second-order valence-corrected chi connectivity index (χ2v) is 5.95. The quantitative estimate of drug-likeness (QED) is 0.789. The summed E-state index contributed by atoms with van der Waals surface area (Å²) in [6.45, 7) is 0.141. The number of imidazole rings is 1. The maximum Gasteiger partial charge on any atom is 0.309 e. The smallest absolute Gasteiger partial charge is 0.309 e. The van der Waals surface area contributed by atoms with Gasteiger partial charge in [-0.3, -0.25) is 9.20 Å². The van der Waals surface area contributed by atoms with Gasteiger partial charge < -0.3 is 4.74 Å². The number of rotatable bonds is 3. The van der Waals surface area contributed by atoms with Gasteiger partial charge in [0.2, 0.25) is 0 Å². The van der Waals surface area contributed by atoms with Gasteiger partial charge in [0, 0.05) is 12.4 Å². The molecule has 2 heterocycles. The van der Waals surface area contributed by atoms with E-state index < -0.39 is 0 Å². The van der Waals surface area contributed by atoms with E-state index in [1.54, 1.807) is 16.8 Å². The fourth-order valence-electron chi connectivity index (χ4n) is 2.54. The zero-order chi connectivity index (χ0) is 14.1. The minimum absolute atomic E-state index is 0.0509. The summed E-state index contributed by atoms with van der Waals surface area (Å²) in [5, 5.41) is 0.361. The van der Waals surface area contributed by atoms with E-state index in [2.05, 4.69) is 25.9 Å². The van der Waals surface area contributed by atoms with E-state index in [4.69, 9.17) is 16.3 Å². The van der Waals surface area contributed by atoms with Crippen molar-refractivity contribution in [2.75, 3.05) is 0 Å². The molecule has 1 fully saturated rings. The first-order valence-electron chi connectivity index (χ1n) is 6.50.